The van der Waals surface area contributed by atoms with E-state index in [1.807, 2.05) is 0 Å². The minimum atomic E-state index is 0.462. The van der Waals surface area contributed by atoms with Crippen molar-refractivity contribution in [1.29, 1.82) is 0 Å². The molecule has 0 fully saturated rings. The van der Waals surface area contributed by atoms with Crippen molar-refractivity contribution in [3.05, 3.63) is 0 Å². The summed E-state index contributed by atoms with van der Waals surface area (Å²) in [6.45, 7) is 3.45. The monoisotopic (exact) mass is 126 g/mol. The maximum atomic E-state index is 5.05. The van der Waals surface area contributed by atoms with Gasteiger partial charge in [-0.15, -0.1) is 6.42 Å². The maximum absolute atomic E-state index is 5.05. The molecule has 0 atom stereocenters. The molecule has 0 aromatic carbocycles. The number of ether oxygens (including phenoxy) is 1. The Morgan fingerprint density at radius 1 is 1.44 bits per heavy atom. The van der Waals surface area contributed by atoms with E-state index in [2.05, 4.69) is 12.8 Å². The predicted molar refractivity (Wildman–Crippen MR) is 39.2 cm³/mol. The molecule has 0 aliphatic heterocycles. The van der Waals surface area contributed by atoms with Crippen LogP contribution < -0.4 is 0 Å². The summed E-state index contributed by atoms with van der Waals surface area (Å²) in [5, 5.41) is 0. The van der Waals surface area contributed by atoms with Crippen molar-refractivity contribution < 1.29 is 4.74 Å². The third-order valence-corrected chi connectivity index (χ3v) is 1.08. The van der Waals surface area contributed by atoms with Crippen LogP contribution in [0.15, 0.2) is 0 Å². The number of rotatable bonds is 5. The smallest absolute Gasteiger partial charge is 0.107 e. The highest BCUT2D eigenvalue weighted by Crippen LogP contribution is 1.92. The Hall–Kier alpha value is -0.480. The van der Waals surface area contributed by atoms with Gasteiger partial charge in [-0.05, 0) is 6.42 Å². The zero-order valence-electron chi connectivity index (χ0n) is 6.02. The summed E-state index contributed by atoms with van der Waals surface area (Å²) in [6.07, 6.45) is 8.58. The van der Waals surface area contributed by atoms with Gasteiger partial charge in [0.25, 0.3) is 0 Å². The molecule has 0 spiro atoms. The van der Waals surface area contributed by atoms with Crippen molar-refractivity contribution >= 4 is 0 Å². The Morgan fingerprint density at radius 3 is 2.78 bits per heavy atom. The third-order valence-electron chi connectivity index (χ3n) is 1.08. The molecule has 0 aliphatic rings. The summed E-state index contributed by atoms with van der Waals surface area (Å²) in [4.78, 5) is 0. The lowest BCUT2D eigenvalue weighted by Gasteiger charge is -1.96. The van der Waals surface area contributed by atoms with Gasteiger partial charge in [-0.25, -0.2) is 0 Å². The van der Waals surface area contributed by atoms with E-state index in [1.54, 1.807) is 0 Å². The average molecular weight is 126 g/mol. The fraction of sp³-hybridized carbons (Fsp3) is 0.750. The second-order valence-corrected chi connectivity index (χ2v) is 1.96. The van der Waals surface area contributed by atoms with E-state index in [1.165, 1.54) is 12.8 Å². The van der Waals surface area contributed by atoms with Gasteiger partial charge in [0.15, 0.2) is 0 Å². The van der Waals surface area contributed by atoms with E-state index in [9.17, 15) is 0 Å². The van der Waals surface area contributed by atoms with Gasteiger partial charge >= 0.3 is 0 Å². The van der Waals surface area contributed by atoms with Crippen molar-refractivity contribution in [3.8, 4) is 12.3 Å². The highest BCUT2D eigenvalue weighted by molar-refractivity contribution is 4.82. The van der Waals surface area contributed by atoms with Crippen LogP contribution in [0.3, 0.4) is 0 Å². The van der Waals surface area contributed by atoms with Crippen LogP contribution in [0.25, 0.3) is 0 Å². The van der Waals surface area contributed by atoms with Crippen molar-refractivity contribution in [3.63, 3.8) is 0 Å². The molecular formula is C8H14O. The number of terminal acetylenes is 1. The van der Waals surface area contributed by atoms with Gasteiger partial charge in [0.1, 0.15) is 6.61 Å². The highest BCUT2D eigenvalue weighted by Gasteiger charge is 1.83. The van der Waals surface area contributed by atoms with Crippen molar-refractivity contribution in [2.24, 2.45) is 0 Å². The maximum Gasteiger partial charge on any atom is 0.107 e. The lowest BCUT2D eigenvalue weighted by atomic mass is 10.3. The van der Waals surface area contributed by atoms with Gasteiger partial charge in [-0.2, -0.15) is 0 Å². The Labute approximate surface area is 57.4 Å². The topological polar surface area (TPSA) is 9.23 Å². The fourth-order valence-electron chi connectivity index (χ4n) is 0.585. The number of hydrogen-bond donors (Lipinski definition) is 0. The van der Waals surface area contributed by atoms with Crippen LogP contribution in [0.5, 0.6) is 0 Å². The molecule has 0 aromatic rings. The van der Waals surface area contributed by atoms with Gasteiger partial charge in [-0.3, -0.25) is 0 Å². The molecule has 0 heterocycles. The molecule has 1 heteroatoms. The molecule has 0 radical (unpaired) electrons. The van der Waals surface area contributed by atoms with Crippen LogP contribution in [-0.2, 0) is 4.74 Å². The normalized spacial score (nSPS) is 8.89. The molecule has 0 unspecified atom stereocenters. The van der Waals surface area contributed by atoms with Crippen LogP contribution in [-0.4, -0.2) is 13.2 Å². The lowest BCUT2D eigenvalue weighted by Crippen LogP contribution is -1.93. The summed E-state index contributed by atoms with van der Waals surface area (Å²) in [5.74, 6) is 2.42. The molecule has 0 saturated carbocycles. The van der Waals surface area contributed by atoms with Gasteiger partial charge in [-0.1, -0.05) is 25.7 Å². The number of hydrogen-bond acceptors (Lipinski definition) is 1. The van der Waals surface area contributed by atoms with Crippen LogP contribution in [0, 0.1) is 12.3 Å². The molecule has 0 saturated heterocycles. The van der Waals surface area contributed by atoms with E-state index in [0.29, 0.717) is 6.61 Å². The molecule has 1 nitrogen and oxygen atoms in total. The first-order valence-corrected chi connectivity index (χ1v) is 3.43. The first kappa shape index (κ1) is 8.52. The Morgan fingerprint density at radius 2 is 2.22 bits per heavy atom. The first-order valence-electron chi connectivity index (χ1n) is 3.43. The molecule has 0 amide bonds. The summed E-state index contributed by atoms with van der Waals surface area (Å²) in [6, 6.07) is 0. The second-order valence-electron chi connectivity index (χ2n) is 1.96. The molecule has 52 valence electrons. The van der Waals surface area contributed by atoms with E-state index >= 15 is 0 Å². The molecule has 0 aliphatic carbocycles. The van der Waals surface area contributed by atoms with Gasteiger partial charge in [0.05, 0.1) is 0 Å². The second kappa shape index (κ2) is 7.52. The van der Waals surface area contributed by atoms with Crippen molar-refractivity contribution in [1.82, 2.24) is 0 Å². The van der Waals surface area contributed by atoms with Gasteiger partial charge in [0, 0.05) is 6.61 Å². The Kier molecular flexibility index (Phi) is 7.12. The Bertz CT molecular complexity index is 81.1. The lowest BCUT2D eigenvalue weighted by molar-refractivity contribution is 0.162. The van der Waals surface area contributed by atoms with E-state index in [-0.39, 0.29) is 0 Å². The van der Waals surface area contributed by atoms with Gasteiger partial charge in [0.2, 0.25) is 0 Å². The summed E-state index contributed by atoms with van der Waals surface area (Å²) in [5.41, 5.74) is 0. The molecular weight excluding hydrogens is 112 g/mol. The number of unbranched alkanes of at least 4 members (excludes halogenated alkanes) is 2. The SMILES string of the molecule is C#CCOCCCCC. The van der Waals surface area contributed by atoms with Crippen LogP contribution in [0.1, 0.15) is 26.2 Å². The zero-order chi connectivity index (χ0) is 6.95. The molecule has 0 bridgehead atoms. The molecule has 0 aromatic heterocycles. The summed E-state index contributed by atoms with van der Waals surface area (Å²) in [7, 11) is 0. The van der Waals surface area contributed by atoms with Gasteiger partial charge < -0.3 is 4.74 Å². The first-order chi connectivity index (χ1) is 4.41. The minimum absolute atomic E-state index is 0.462. The molecule has 9 heavy (non-hydrogen) atoms. The average Bonchev–Trinajstić information content (AvgIpc) is 1.89. The van der Waals surface area contributed by atoms with E-state index < -0.39 is 0 Å². The van der Waals surface area contributed by atoms with E-state index in [0.717, 1.165) is 13.0 Å². The van der Waals surface area contributed by atoms with Crippen LogP contribution in [0.4, 0.5) is 0 Å². The standard InChI is InChI=1S/C8H14O/c1-3-5-6-8-9-7-4-2/h2H,3,5-8H2,1H3. The van der Waals surface area contributed by atoms with Crippen molar-refractivity contribution in [2.75, 3.05) is 13.2 Å². The largest absolute Gasteiger partial charge is 0.369 e. The predicted octanol–water partition coefficient (Wildman–Crippen LogP) is 1.83. The van der Waals surface area contributed by atoms with Crippen molar-refractivity contribution in [2.45, 2.75) is 26.2 Å². The quantitative estimate of drug-likeness (QED) is 0.403. The van der Waals surface area contributed by atoms with Crippen LogP contribution >= 0.6 is 0 Å². The Balaban J connectivity index is 2.69. The zero-order valence-corrected chi connectivity index (χ0v) is 6.02. The third kappa shape index (κ3) is 7.52. The van der Waals surface area contributed by atoms with E-state index in [4.69, 9.17) is 11.2 Å². The molecule has 0 rings (SSSR count). The fourth-order valence-corrected chi connectivity index (χ4v) is 0.585. The summed E-state index contributed by atoms with van der Waals surface area (Å²) < 4.78 is 5.05. The van der Waals surface area contributed by atoms with Crippen LogP contribution in [0.2, 0.25) is 0 Å². The molecule has 0 N–H and O–H groups in total. The highest BCUT2D eigenvalue weighted by atomic mass is 16.5. The summed E-state index contributed by atoms with van der Waals surface area (Å²) >= 11 is 0. The minimum Gasteiger partial charge on any atom is -0.369 e.